The van der Waals surface area contributed by atoms with Crippen molar-refractivity contribution in [2.75, 3.05) is 31.1 Å². The van der Waals surface area contributed by atoms with Gasteiger partial charge in [0.25, 0.3) is 0 Å². The number of amides is 1. The number of thiazole rings is 1. The summed E-state index contributed by atoms with van der Waals surface area (Å²) in [5, 5.41) is 1.07. The topological polar surface area (TPSA) is 36.4 Å². The van der Waals surface area contributed by atoms with E-state index in [2.05, 4.69) is 30.9 Å². The van der Waals surface area contributed by atoms with Gasteiger partial charge in [-0.25, -0.2) is 4.98 Å². The first-order chi connectivity index (χ1) is 12.6. The van der Waals surface area contributed by atoms with Gasteiger partial charge in [0.2, 0.25) is 5.91 Å². The maximum absolute atomic E-state index is 12.5. The van der Waals surface area contributed by atoms with E-state index in [4.69, 9.17) is 4.98 Å². The first-order valence-corrected chi connectivity index (χ1v) is 9.86. The summed E-state index contributed by atoms with van der Waals surface area (Å²) in [4.78, 5) is 21.7. The van der Waals surface area contributed by atoms with Crippen LogP contribution in [0.3, 0.4) is 0 Å². The third kappa shape index (κ3) is 3.44. The van der Waals surface area contributed by atoms with Gasteiger partial charge >= 0.3 is 0 Å². The minimum atomic E-state index is 0.214. The highest BCUT2D eigenvalue weighted by Gasteiger charge is 2.23. The fourth-order valence-corrected chi connectivity index (χ4v) is 4.60. The number of hydrogen-bond donors (Lipinski definition) is 0. The molecule has 134 valence electrons. The first kappa shape index (κ1) is 17.0. The van der Waals surface area contributed by atoms with Crippen molar-refractivity contribution in [3.63, 3.8) is 0 Å². The van der Waals surface area contributed by atoms with Crippen LogP contribution >= 0.6 is 11.3 Å². The van der Waals surface area contributed by atoms with Crippen molar-refractivity contribution in [1.29, 1.82) is 0 Å². The average Bonchev–Trinajstić information content (AvgIpc) is 3.07. The lowest BCUT2D eigenvalue weighted by molar-refractivity contribution is -0.130. The van der Waals surface area contributed by atoms with Gasteiger partial charge in [0.05, 0.1) is 16.6 Å². The summed E-state index contributed by atoms with van der Waals surface area (Å²) >= 11 is 1.76. The number of fused-ring (bicyclic) bond motifs is 1. The zero-order valence-corrected chi connectivity index (χ0v) is 16.1. The minimum absolute atomic E-state index is 0.214. The number of carbonyl (C=O) groups excluding carboxylic acids is 1. The van der Waals surface area contributed by atoms with Crippen molar-refractivity contribution in [2.24, 2.45) is 0 Å². The molecule has 0 unspecified atom stereocenters. The Labute approximate surface area is 158 Å². The predicted molar refractivity (Wildman–Crippen MR) is 108 cm³/mol. The number of hydrogen-bond acceptors (Lipinski definition) is 4. The third-order valence-corrected chi connectivity index (χ3v) is 6.18. The summed E-state index contributed by atoms with van der Waals surface area (Å²) < 4.78 is 1.27. The van der Waals surface area contributed by atoms with Crippen LogP contribution in [0, 0.1) is 13.8 Å². The van der Waals surface area contributed by atoms with Gasteiger partial charge < -0.3 is 9.80 Å². The Hall–Kier alpha value is -2.40. The Balaban J connectivity index is 1.42. The minimum Gasteiger partial charge on any atom is -0.345 e. The summed E-state index contributed by atoms with van der Waals surface area (Å²) in [6.45, 7) is 7.48. The lowest BCUT2D eigenvalue weighted by Crippen LogP contribution is -2.49. The van der Waals surface area contributed by atoms with E-state index >= 15 is 0 Å². The first-order valence-electron chi connectivity index (χ1n) is 9.04. The molecule has 1 aromatic heterocycles. The zero-order chi connectivity index (χ0) is 18.1. The molecule has 0 N–H and O–H groups in total. The molecule has 1 aliphatic rings. The number of anilines is 1. The monoisotopic (exact) mass is 365 g/mol. The molecule has 2 aromatic carbocycles. The Kier molecular flexibility index (Phi) is 4.64. The number of benzene rings is 2. The fourth-order valence-electron chi connectivity index (χ4n) is 3.53. The van der Waals surface area contributed by atoms with E-state index in [0.717, 1.165) is 42.4 Å². The van der Waals surface area contributed by atoms with Crippen molar-refractivity contribution in [1.82, 2.24) is 9.88 Å². The Morgan fingerprint density at radius 3 is 2.54 bits per heavy atom. The molecule has 2 heterocycles. The number of rotatable bonds is 3. The average molecular weight is 366 g/mol. The fraction of sp³-hybridized carbons (Fsp3) is 0.333. The molecule has 5 heteroatoms. The van der Waals surface area contributed by atoms with E-state index < -0.39 is 0 Å². The van der Waals surface area contributed by atoms with E-state index in [0.29, 0.717) is 6.42 Å². The molecule has 0 saturated carbocycles. The number of nitrogens with zero attached hydrogens (tertiary/aromatic N) is 3. The lowest BCUT2D eigenvalue weighted by atomic mass is 10.1. The number of carbonyl (C=O) groups is 1. The highest BCUT2D eigenvalue weighted by Crippen LogP contribution is 2.32. The highest BCUT2D eigenvalue weighted by atomic mass is 32.1. The second kappa shape index (κ2) is 7.08. The highest BCUT2D eigenvalue weighted by molar-refractivity contribution is 7.22. The van der Waals surface area contributed by atoms with Gasteiger partial charge in [-0.1, -0.05) is 47.7 Å². The quantitative estimate of drug-likeness (QED) is 0.708. The van der Waals surface area contributed by atoms with Gasteiger partial charge in [0.15, 0.2) is 5.13 Å². The second-order valence-electron chi connectivity index (χ2n) is 6.96. The summed E-state index contributed by atoms with van der Waals surface area (Å²) in [6.07, 6.45) is 0.487. The molecule has 1 saturated heterocycles. The van der Waals surface area contributed by atoms with Gasteiger partial charge in [-0.3, -0.25) is 4.79 Å². The van der Waals surface area contributed by atoms with Crippen LogP contribution in [0.15, 0.2) is 42.5 Å². The van der Waals surface area contributed by atoms with Crippen LogP contribution in [0.4, 0.5) is 5.13 Å². The number of aromatic nitrogens is 1. The van der Waals surface area contributed by atoms with Crippen LogP contribution in [-0.2, 0) is 11.2 Å². The van der Waals surface area contributed by atoms with Crippen LogP contribution in [0.1, 0.15) is 16.7 Å². The SMILES string of the molecule is Cc1cc(C)c2sc(N3CCN(C(=O)Cc4ccccc4)CC3)nc2c1. The Morgan fingerprint density at radius 1 is 1.08 bits per heavy atom. The van der Waals surface area contributed by atoms with Gasteiger partial charge in [0.1, 0.15) is 0 Å². The molecule has 4 rings (SSSR count). The molecule has 26 heavy (non-hydrogen) atoms. The van der Waals surface area contributed by atoms with Crippen molar-refractivity contribution < 1.29 is 4.79 Å². The smallest absolute Gasteiger partial charge is 0.227 e. The van der Waals surface area contributed by atoms with Crippen LogP contribution in [0.25, 0.3) is 10.2 Å². The van der Waals surface area contributed by atoms with Crippen LogP contribution in [0.5, 0.6) is 0 Å². The maximum Gasteiger partial charge on any atom is 0.227 e. The molecule has 0 bridgehead atoms. The molecule has 1 aliphatic heterocycles. The third-order valence-electron chi connectivity index (χ3n) is 4.91. The van der Waals surface area contributed by atoms with E-state index in [1.54, 1.807) is 11.3 Å². The van der Waals surface area contributed by atoms with E-state index in [9.17, 15) is 4.79 Å². The summed E-state index contributed by atoms with van der Waals surface area (Å²) in [5.41, 5.74) is 4.71. The standard InChI is InChI=1S/C21H23N3OS/c1-15-12-16(2)20-18(13-15)22-21(26-20)24-10-8-23(9-11-24)19(25)14-17-6-4-3-5-7-17/h3-7,12-13H,8-11,14H2,1-2H3. The molecule has 1 amide bonds. The predicted octanol–water partition coefficient (Wildman–Crippen LogP) is 3.80. The zero-order valence-electron chi connectivity index (χ0n) is 15.2. The Bertz CT molecular complexity index is 927. The largest absolute Gasteiger partial charge is 0.345 e. The van der Waals surface area contributed by atoms with E-state index in [-0.39, 0.29) is 5.91 Å². The maximum atomic E-state index is 12.5. The summed E-state index contributed by atoms with van der Waals surface area (Å²) in [7, 11) is 0. The van der Waals surface area contributed by atoms with E-state index in [1.807, 2.05) is 35.2 Å². The molecule has 0 spiro atoms. The van der Waals surface area contributed by atoms with Gasteiger partial charge in [-0.05, 0) is 36.6 Å². The van der Waals surface area contributed by atoms with Crippen LogP contribution in [-0.4, -0.2) is 42.0 Å². The number of aryl methyl sites for hydroxylation is 2. The van der Waals surface area contributed by atoms with Crippen molar-refractivity contribution in [3.05, 3.63) is 59.2 Å². The normalized spacial score (nSPS) is 14.8. The van der Waals surface area contributed by atoms with Gasteiger partial charge in [0, 0.05) is 26.2 Å². The van der Waals surface area contributed by atoms with Gasteiger partial charge in [-0.15, -0.1) is 0 Å². The molecular formula is C21H23N3OS. The van der Waals surface area contributed by atoms with Crippen molar-refractivity contribution >= 4 is 32.6 Å². The Morgan fingerprint density at radius 2 is 1.81 bits per heavy atom. The molecular weight excluding hydrogens is 342 g/mol. The van der Waals surface area contributed by atoms with E-state index in [1.165, 1.54) is 15.8 Å². The molecule has 4 nitrogen and oxygen atoms in total. The molecule has 1 fully saturated rings. The molecule has 0 atom stereocenters. The summed E-state index contributed by atoms with van der Waals surface area (Å²) in [5.74, 6) is 0.214. The summed E-state index contributed by atoms with van der Waals surface area (Å²) in [6, 6.07) is 14.3. The molecule has 0 aliphatic carbocycles. The molecule has 3 aromatic rings. The van der Waals surface area contributed by atoms with Crippen molar-refractivity contribution in [3.8, 4) is 0 Å². The van der Waals surface area contributed by atoms with Crippen molar-refractivity contribution in [2.45, 2.75) is 20.3 Å². The van der Waals surface area contributed by atoms with Crippen LogP contribution < -0.4 is 4.90 Å². The van der Waals surface area contributed by atoms with Gasteiger partial charge in [-0.2, -0.15) is 0 Å². The lowest BCUT2D eigenvalue weighted by Gasteiger charge is -2.34. The van der Waals surface area contributed by atoms with Crippen LogP contribution in [0.2, 0.25) is 0 Å². The molecule has 0 radical (unpaired) electrons. The second-order valence-corrected chi connectivity index (χ2v) is 7.93. The number of piperazine rings is 1.